The second-order valence-electron chi connectivity index (χ2n) is 9.99. The highest BCUT2D eigenvalue weighted by Crippen LogP contribution is 2.29. The van der Waals surface area contributed by atoms with Crippen LogP contribution in [0.2, 0.25) is 0 Å². The first-order chi connectivity index (χ1) is 20.7. The molecule has 14 nitrogen and oxygen atoms in total. The van der Waals surface area contributed by atoms with Gasteiger partial charge >= 0.3 is 5.97 Å². The number of carboxylic acid groups (broad SMARTS) is 1. The summed E-state index contributed by atoms with van der Waals surface area (Å²) in [6.07, 6.45) is 0.696. The van der Waals surface area contributed by atoms with E-state index in [1.54, 1.807) is 53.4 Å². The highest BCUT2D eigenvalue weighted by Gasteiger charge is 2.23. The van der Waals surface area contributed by atoms with Gasteiger partial charge < -0.3 is 25.0 Å². The van der Waals surface area contributed by atoms with Crippen LogP contribution in [0.3, 0.4) is 0 Å². The molecule has 5 rings (SSSR count). The molecule has 1 aliphatic heterocycles. The van der Waals surface area contributed by atoms with Crippen molar-refractivity contribution in [3.8, 4) is 11.5 Å². The summed E-state index contributed by atoms with van der Waals surface area (Å²) < 4.78 is 5.89. The minimum atomic E-state index is -1.04. The topological polar surface area (TPSA) is 184 Å². The predicted molar refractivity (Wildman–Crippen MR) is 157 cm³/mol. The van der Waals surface area contributed by atoms with Crippen LogP contribution in [0.15, 0.2) is 66.7 Å². The normalized spacial score (nSPS) is 13.5. The average Bonchev–Trinajstić information content (AvgIpc) is 3.44. The van der Waals surface area contributed by atoms with E-state index in [0.717, 1.165) is 18.0 Å². The summed E-state index contributed by atoms with van der Waals surface area (Å²) in [4.78, 5) is 52.0. The highest BCUT2D eigenvalue weighted by molar-refractivity contribution is 5.95. The summed E-state index contributed by atoms with van der Waals surface area (Å²) in [6.45, 7) is 3.69. The summed E-state index contributed by atoms with van der Waals surface area (Å²) in [7, 11) is 0. The van der Waals surface area contributed by atoms with Crippen molar-refractivity contribution in [3.63, 3.8) is 0 Å². The summed E-state index contributed by atoms with van der Waals surface area (Å²) in [5.41, 5.74) is 0.846. The van der Waals surface area contributed by atoms with Crippen LogP contribution in [0, 0.1) is 20.2 Å². The number of piperazine rings is 1. The van der Waals surface area contributed by atoms with Crippen LogP contribution in [-0.4, -0.2) is 80.9 Å². The lowest BCUT2D eigenvalue weighted by molar-refractivity contribution is -0.393. The number of rotatable bonds is 11. The van der Waals surface area contributed by atoms with Crippen molar-refractivity contribution in [2.24, 2.45) is 0 Å². The van der Waals surface area contributed by atoms with Crippen LogP contribution >= 0.6 is 0 Å². The van der Waals surface area contributed by atoms with E-state index in [4.69, 9.17) is 9.84 Å². The lowest BCUT2D eigenvalue weighted by Crippen LogP contribution is -2.49. The maximum atomic E-state index is 13.1. The van der Waals surface area contributed by atoms with Crippen molar-refractivity contribution in [2.45, 2.75) is 6.42 Å². The molecule has 222 valence electrons. The molecule has 1 aromatic heterocycles. The Kier molecular flexibility index (Phi) is 8.48. The zero-order chi connectivity index (χ0) is 30.5. The Morgan fingerprint density at radius 2 is 1.63 bits per heavy atom. The van der Waals surface area contributed by atoms with Gasteiger partial charge in [0.2, 0.25) is 0 Å². The van der Waals surface area contributed by atoms with Gasteiger partial charge in [0.25, 0.3) is 17.3 Å². The smallest absolute Gasteiger partial charge is 0.352 e. The molecule has 0 spiro atoms. The fourth-order valence-corrected chi connectivity index (χ4v) is 4.90. The fourth-order valence-electron chi connectivity index (χ4n) is 4.90. The van der Waals surface area contributed by atoms with Gasteiger partial charge in [0, 0.05) is 61.3 Å². The molecule has 14 heteroatoms. The monoisotopic (exact) mass is 588 g/mol. The average molecular weight is 589 g/mol. The summed E-state index contributed by atoms with van der Waals surface area (Å²) in [5, 5.41) is 35.1. The standard InChI is InChI=1S/C29H28N6O8/c36-28(19-2-6-22(7-3-19)43-23-8-4-20-16-26(29(37)38)31-25(20)18-23)33-14-12-32(13-15-33)11-1-10-30-24-9-5-21(34(39)40)17-27(24)35(41)42/h2-9,16-18,30-31H,1,10-15H2,(H,37,38). The number of carbonyl (C=O) groups is 2. The number of carboxylic acids is 1. The number of non-ortho nitro benzene ring substituents is 1. The molecule has 3 aromatic carbocycles. The molecule has 0 unspecified atom stereocenters. The number of aromatic amines is 1. The second kappa shape index (κ2) is 12.6. The van der Waals surface area contributed by atoms with Crippen LogP contribution in [-0.2, 0) is 0 Å². The number of amides is 1. The molecule has 4 aromatic rings. The van der Waals surface area contributed by atoms with Gasteiger partial charge in [0.15, 0.2) is 0 Å². The molecule has 0 radical (unpaired) electrons. The SMILES string of the molecule is O=C(O)c1cc2ccc(Oc3ccc(C(=O)N4CCN(CCCNc5ccc([N+](=O)[O-])cc5[N+](=O)[O-])CC4)cc3)cc2[nH]1. The van der Waals surface area contributed by atoms with E-state index < -0.39 is 15.8 Å². The van der Waals surface area contributed by atoms with Gasteiger partial charge in [0.05, 0.1) is 15.9 Å². The Balaban J connectivity index is 1.07. The minimum absolute atomic E-state index is 0.0765. The van der Waals surface area contributed by atoms with Gasteiger partial charge in [-0.25, -0.2) is 4.79 Å². The van der Waals surface area contributed by atoms with Gasteiger partial charge in [-0.2, -0.15) is 0 Å². The summed E-state index contributed by atoms with van der Waals surface area (Å²) in [6, 6.07) is 17.2. The first-order valence-corrected chi connectivity index (χ1v) is 13.5. The third-order valence-electron chi connectivity index (χ3n) is 7.18. The number of nitro groups is 2. The Morgan fingerprint density at radius 1 is 0.907 bits per heavy atom. The van der Waals surface area contributed by atoms with Crippen molar-refractivity contribution in [3.05, 3.63) is 98.2 Å². The number of fused-ring (bicyclic) bond motifs is 1. The van der Waals surface area contributed by atoms with Gasteiger partial charge in [-0.15, -0.1) is 0 Å². The van der Waals surface area contributed by atoms with Crippen LogP contribution in [0.4, 0.5) is 17.1 Å². The maximum Gasteiger partial charge on any atom is 0.352 e. The Hall–Kier alpha value is -5.50. The van der Waals surface area contributed by atoms with E-state index in [-0.39, 0.29) is 28.7 Å². The van der Waals surface area contributed by atoms with Crippen LogP contribution in [0.1, 0.15) is 27.3 Å². The molecule has 3 N–H and O–H groups in total. The Bertz CT molecular complexity index is 1680. The molecule has 1 fully saturated rings. The lowest BCUT2D eigenvalue weighted by Gasteiger charge is -2.34. The number of carbonyl (C=O) groups excluding carboxylic acids is 1. The van der Waals surface area contributed by atoms with E-state index in [1.165, 1.54) is 12.1 Å². The number of nitro benzene ring substituents is 2. The third-order valence-corrected chi connectivity index (χ3v) is 7.18. The van der Waals surface area contributed by atoms with Gasteiger partial charge in [0.1, 0.15) is 22.9 Å². The lowest BCUT2D eigenvalue weighted by atomic mass is 10.1. The molecule has 2 heterocycles. The second-order valence-corrected chi connectivity index (χ2v) is 9.99. The van der Waals surface area contributed by atoms with E-state index in [2.05, 4.69) is 15.2 Å². The number of benzene rings is 3. The molecule has 1 saturated heterocycles. The number of aromatic nitrogens is 1. The molecule has 1 amide bonds. The number of nitrogens with zero attached hydrogens (tertiary/aromatic N) is 4. The van der Waals surface area contributed by atoms with Crippen molar-refractivity contribution in [1.29, 1.82) is 0 Å². The van der Waals surface area contributed by atoms with Crippen LogP contribution < -0.4 is 10.1 Å². The number of anilines is 1. The van der Waals surface area contributed by atoms with Crippen molar-refractivity contribution in [1.82, 2.24) is 14.8 Å². The van der Waals surface area contributed by atoms with E-state index in [1.807, 2.05) is 0 Å². The summed E-state index contributed by atoms with van der Waals surface area (Å²) in [5.74, 6) is -0.0436. The van der Waals surface area contributed by atoms with Gasteiger partial charge in [-0.05, 0) is 61.5 Å². The maximum absolute atomic E-state index is 13.1. The zero-order valence-electron chi connectivity index (χ0n) is 22.9. The molecule has 43 heavy (non-hydrogen) atoms. The molecule has 0 aliphatic carbocycles. The summed E-state index contributed by atoms with van der Waals surface area (Å²) >= 11 is 0. The zero-order valence-corrected chi connectivity index (χ0v) is 22.9. The van der Waals surface area contributed by atoms with E-state index in [0.29, 0.717) is 61.7 Å². The van der Waals surface area contributed by atoms with Crippen LogP contribution in [0.25, 0.3) is 10.9 Å². The first kappa shape index (κ1) is 29.0. The van der Waals surface area contributed by atoms with E-state index >= 15 is 0 Å². The highest BCUT2D eigenvalue weighted by atomic mass is 16.6. The van der Waals surface area contributed by atoms with Crippen molar-refractivity contribution >= 4 is 39.8 Å². The van der Waals surface area contributed by atoms with Crippen molar-refractivity contribution in [2.75, 3.05) is 44.6 Å². The third kappa shape index (κ3) is 6.87. The Morgan fingerprint density at radius 3 is 2.30 bits per heavy atom. The molecule has 1 aliphatic rings. The van der Waals surface area contributed by atoms with Crippen LogP contribution in [0.5, 0.6) is 11.5 Å². The van der Waals surface area contributed by atoms with Gasteiger partial charge in [-0.1, -0.05) is 0 Å². The Labute approximate surface area is 244 Å². The molecule has 0 bridgehead atoms. The van der Waals surface area contributed by atoms with E-state index in [9.17, 15) is 29.8 Å². The number of nitrogens with one attached hydrogen (secondary N) is 2. The molecular formula is C29H28N6O8. The predicted octanol–water partition coefficient (Wildman–Crippen LogP) is 4.73. The van der Waals surface area contributed by atoms with Gasteiger partial charge in [-0.3, -0.25) is 29.9 Å². The number of ether oxygens (including phenoxy) is 1. The molecule has 0 atom stereocenters. The number of hydrogen-bond donors (Lipinski definition) is 3. The fraction of sp³-hybridized carbons (Fsp3) is 0.241. The molecule has 0 saturated carbocycles. The minimum Gasteiger partial charge on any atom is -0.477 e. The number of hydrogen-bond acceptors (Lipinski definition) is 9. The van der Waals surface area contributed by atoms with Crippen molar-refractivity contribution < 1.29 is 29.3 Å². The number of H-pyrrole nitrogens is 1. The largest absolute Gasteiger partial charge is 0.477 e. The number of aromatic carboxylic acids is 1. The first-order valence-electron chi connectivity index (χ1n) is 13.5. The quantitative estimate of drug-likeness (QED) is 0.126. The molecular weight excluding hydrogens is 560 g/mol.